The first-order valence-corrected chi connectivity index (χ1v) is 13.2. The molecule has 2 fully saturated rings. The van der Waals surface area contributed by atoms with E-state index in [-0.39, 0.29) is 0 Å². The molecule has 7 heteroatoms. The first-order chi connectivity index (χ1) is 16.8. The fourth-order valence-corrected chi connectivity index (χ4v) is 5.85. The lowest BCUT2D eigenvalue weighted by Gasteiger charge is -2.14. The number of rotatable bonds is 6. The average Bonchev–Trinajstić information content (AvgIpc) is 3.61. The summed E-state index contributed by atoms with van der Waals surface area (Å²) in [6.07, 6.45) is 11.8. The molecule has 0 radical (unpaired) electrons. The lowest BCUT2D eigenvalue weighted by molar-refractivity contribution is 0.742. The summed E-state index contributed by atoms with van der Waals surface area (Å²) in [5, 5.41) is 12.4. The third-order valence-electron chi connectivity index (χ3n) is 7.09. The highest BCUT2D eigenvalue weighted by Crippen LogP contribution is 2.39. The number of pyridine rings is 1. The topological polar surface area (TPSA) is 67.1 Å². The second-order valence-corrected chi connectivity index (χ2v) is 10.3. The molecule has 3 heterocycles. The molecule has 34 heavy (non-hydrogen) atoms. The third-order valence-corrected chi connectivity index (χ3v) is 7.79. The van der Waals surface area contributed by atoms with Crippen molar-refractivity contribution in [1.82, 2.24) is 19.6 Å². The molecule has 4 aromatic rings. The second-order valence-electron chi connectivity index (χ2n) is 9.43. The largest absolute Gasteiger partial charge is 0.367 e. The van der Waals surface area contributed by atoms with Gasteiger partial charge in [0.05, 0.1) is 16.8 Å². The maximum atomic E-state index is 5.14. The fraction of sp³-hybridized carbons (Fsp3) is 0.370. The maximum absolute atomic E-state index is 5.14. The summed E-state index contributed by atoms with van der Waals surface area (Å²) in [7, 11) is 0. The smallest absolute Gasteiger partial charge is 0.223 e. The Balaban J connectivity index is 1.49. The Morgan fingerprint density at radius 2 is 1.56 bits per heavy atom. The van der Waals surface area contributed by atoms with Gasteiger partial charge < -0.3 is 10.6 Å². The highest BCUT2D eigenvalue weighted by Gasteiger charge is 2.23. The molecule has 0 amide bonds. The molecule has 174 valence electrons. The summed E-state index contributed by atoms with van der Waals surface area (Å²) in [4.78, 5) is 9.49. The van der Waals surface area contributed by atoms with Crippen molar-refractivity contribution in [3.8, 4) is 22.5 Å². The van der Waals surface area contributed by atoms with Gasteiger partial charge in [-0.2, -0.15) is 5.10 Å². The van der Waals surface area contributed by atoms with Gasteiger partial charge in [0.1, 0.15) is 11.5 Å². The van der Waals surface area contributed by atoms with Gasteiger partial charge in [0.15, 0.2) is 0 Å². The minimum Gasteiger partial charge on any atom is -0.367 e. The highest BCUT2D eigenvalue weighted by molar-refractivity contribution is 9.10. The summed E-state index contributed by atoms with van der Waals surface area (Å²) in [5.41, 5.74) is 4.92. The minimum atomic E-state index is 0.462. The molecule has 2 saturated carbocycles. The molecule has 1 aromatic carbocycles. The SMILES string of the molecule is Brc1ccccc1-c1nn2c(NC3CCCC3)cccc2c1-c1ccnc(NC2CCCC2)n1. The molecule has 6 nitrogen and oxygen atoms in total. The van der Waals surface area contributed by atoms with Crippen LogP contribution in [0.2, 0.25) is 0 Å². The van der Waals surface area contributed by atoms with Crippen LogP contribution in [0.15, 0.2) is 59.2 Å². The zero-order chi connectivity index (χ0) is 22.9. The fourth-order valence-electron chi connectivity index (χ4n) is 5.37. The van der Waals surface area contributed by atoms with Crippen LogP contribution in [0.3, 0.4) is 0 Å². The van der Waals surface area contributed by atoms with Gasteiger partial charge in [-0.05, 0) is 49.9 Å². The van der Waals surface area contributed by atoms with Crippen molar-refractivity contribution in [2.24, 2.45) is 0 Å². The van der Waals surface area contributed by atoms with Crippen LogP contribution in [0, 0.1) is 0 Å². The number of halogens is 1. The number of hydrogen-bond donors (Lipinski definition) is 2. The molecule has 0 unspecified atom stereocenters. The van der Waals surface area contributed by atoms with E-state index < -0.39 is 0 Å². The van der Waals surface area contributed by atoms with Gasteiger partial charge in [-0.3, -0.25) is 0 Å². The Morgan fingerprint density at radius 3 is 2.32 bits per heavy atom. The Labute approximate surface area is 208 Å². The summed E-state index contributed by atoms with van der Waals surface area (Å²) in [5.74, 6) is 1.73. The van der Waals surface area contributed by atoms with E-state index >= 15 is 0 Å². The van der Waals surface area contributed by atoms with Gasteiger partial charge in [-0.15, -0.1) is 0 Å². The molecular weight excluding hydrogens is 488 g/mol. The standard InChI is InChI=1S/C27H29BrN6/c28-21-13-6-5-12-20(21)26-25(22-16-17-29-27(32-22)31-19-10-3-4-11-19)23-14-7-15-24(34(23)33-26)30-18-8-1-2-9-18/h5-7,12-19,30H,1-4,8-11H2,(H,29,31,32). The number of benzene rings is 1. The van der Waals surface area contributed by atoms with E-state index in [1.54, 1.807) is 0 Å². The van der Waals surface area contributed by atoms with Crippen LogP contribution in [0.4, 0.5) is 11.8 Å². The highest BCUT2D eigenvalue weighted by atomic mass is 79.9. The maximum Gasteiger partial charge on any atom is 0.223 e. The Morgan fingerprint density at radius 1 is 0.824 bits per heavy atom. The van der Waals surface area contributed by atoms with Gasteiger partial charge in [0.25, 0.3) is 0 Å². The molecule has 0 atom stereocenters. The number of fused-ring (bicyclic) bond motifs is 1. The normalized spacial score (nSPS) is 17.0. The van der Waals surface area contributed by atoms with Gasteiger partial charge >= 0.3 is 0 Å². The zero-order valence-electron chi connectivity index (χ0n) is 19.2. The van der Waals surface area contributed by atoms with Gasteiger partial charge in [-0.1, -0.05) is 65.9 Å². The zero-order valence-corrected chi connectivity index (χ0v) is 20.8. The number of aromatic nitrogens is 4. The van der Waals surface area contributed by atoms with E-state index in [4.69, 9.17) is 10.1 Å². The summed E-state index contributed by atoms with van der Waals surface area (Å²) >= 11 is 3.75. The predicted molar refractivity (Wildman–Crippen MR) is 141 cm³/mol. The van der Waals surface area contributed by atoms with Crippen molar-refractivity contribution in [3.05, 3.63) is 59.2 Å². The molecular formula is C27H29BrN6. The van der Waals surface area contributed by atoms with E-state index in [9.17, 15) is 0 Å². The summed E-state index contributed by atoms with van der Waals surface area (Å²) in [6, 6.07) is 17.6. The molecule has 2 N–H and O–H groups in total. The number of hydrogen-bond acceptors (Lipinski definition) is 5. The van der Waals surface area contributed by atoms with Crippen LogP contribution >= 0.6 is 15.9 Å². The van der Waals surface area contributed by atoms with Crippen molar-refractivity contribution in [3.63, 3.8) is 0 Å². The molecule has 3 aromatic heterocycles. The minimum absolute atomic E-state index is 0.462. The molecule has 0 saturated heterocycles. The van der Waals surface area contributed by atoms with Crippen LogP contribution in [-0.4, -0.2) is 31.7 Å². The number of nitrogens with one attached hydrogen (secondary N) is 2. The van der Waals surface area contributed by atoms with Crippen LogP contribution in [0.1, 0.15) is 51.4 Å². The van der Waals surface area contributed by atoms with Gasteiger partial charge in [0, 0.05) is 28.3 Å². The van der Waals surface area contributed by atoms with Crippen molar-refractivity contribution < 1.29 is 0 Å². The summed E-state index contributed by atoms with van der Waals surface area (Å²) < 4.78 is 3.07. The van der Waals surface area contributed by atoms with Gasteiger partial charge in [-0.25, -0.2) is 14.5 Å². The number of nitrogens with zero attached hydrogens (tertiary/aromatic N) is 4. The molecule has 2 aliphatic rings. The van der Waals surface area contributed by atoms with Crippen LogP contribution in [0.25, 0.3) is 28.0 Å². The lowest BCUT2D eigenvalue weighted by atomic mass is 10.0. The second kappa shape index (κ2) is 9.37. The van der Waals surface area contributed by atoms with Crippen LogP contribution in [0.5, 0.6) is 0 Å². The Bertz CT molecular complexity index is 1300. The quantitative estimate of drug-likeness (QED) is 0.290. The molecule has 0 spiro atoms. The van der Waals surface area contributed by atoms with E-state index in [1.807, 2.05) is 18.3 Å². The monoisotopic (exact) mass is 516 g/mol. The average molecular weight is 517 g/mol. The van der Waals surface area contributed by atoms with E-state index in [2.05, 4.69) is 72.5 Å². The van der Waals surface area contributed by atoms with Crippen molar-refractivity contribution >= 4 is 33.2 Å². The first-order valence-electron chi connectivity index (χ1n) is 12.4. The van der Waals surface area contributed by atoms with Crippen LogP contribution < -0.4 is 10.6 Å². The van der Waals surface area contributed by atoms with Gasteiger partial charge in [0.2, 0.25) is 5.95 Å². The molecule has 2 aliphatic carbocycles. The first kappa shape index (κ1) is 21.6. The molecule has 0 bridgehead atoms. The van der Waals surface area contributed by atoms with Crippen molar-refractivity contribution in [2.45, 2.75) is 63.5 Å². The van der Waals surface area contributed by atoms with Crippen molar-refractivity contribution in [2.75, 3.05) is 10.6 Å². The van der Waals surface area contributed by atoms with Crippen LogP contribution in [-0.2, 0) is 0 Å². The Kier molecular flexibility index (Phi) is 5.95. The Hall–Kier alpha value is -2.93. The van der Waals surface area contributed by atoms with E-state index in [1.165, 1.54) is 51.4 Å². The molecule has 6 rings (SSSR count). The third kappa shape index (κ3) is 4.17. The number of anilines is 2. The van der Waals surface area contributed by atoms with E-state index in [0.29, 0.717) is 18.0 Å². The molecule has 0 aliphatic heterocycles. The lowest BCUT2D eigenvalue weighted by Crippen LogP contribution is -2.17. The van der Waals surface area contributed by atoms with E-state index in [0.717, 1.165) is 38.3 Å². The summed E-state index contributed by atoms with van der Waals surface area (Å²) in [6.45, 7) is 0. The van der Waals surface area contributed by atoms with Crippen molar-refractivity contribution in [1.29, 1.82) is 0 Å². The predicted octanol–water partition coefficient (Wildman–Crippen LogP) is 6.93.